The highest BCUT2D eigenvalue weighted by Crippen LogP contribution is 2.24. The average Bonchev–Trinajstić information content (AvgIpc) is 2.53. The van der Waals surface area contributed by atoms with Crippen LogP contribution in [0, 0.1) is 0 Å². The molecule has 12 heavy (non-hydrogen) atoms. The standard InChI is InChI=1S/C10H13NO/c1-11-7-8-12-10(11)9-5-3-2-4-6-9/h2-6,10H,7-8H2,1H3. The molecule has 0 radical (unpaired) electrons. The maximum atomic E-state index is 5.58. The molecule has 0 amide bonds. The van der Waals surface area contributed by atoms with Crippen molar-refractivity contribution < 1.29 is 4.74 Å². The zero-order chi connectivity index (χ0) is 8.39. The van der Waals surface area contributed by atoms with Gasteiger partial charge >= 0.3 is 0 Å². The van der Waals surface area contributed by atoms with Gasteiger partial charge in [0.25, 0.3) is 0 Å². The van der Waals surface area contributed by atoms with Crippen LogP contribution in [0.15, 0.2) is 30.3 Å². The first-order valence-electron chi connectivity index (χ1n) is 4.25. The molecule has 2 rings (SSSR count). The van der Waals surface area contributed by atoms with Crippen molar-refractivity contribution in [2.45, 2.75) is 6.23 Å². The van der Waals surface area contributed by atoms with E-state index >= 15 is 0 Å². The van der Waals surface area contributed by atoms with Gasteiger partial charge in [-0.1, -0.05) is 30.3 Å². The molecule has 2 heteroatoms. The van der Waals surface area contributed by atoms with Crippen molar-refractivity contribution >= 4 is 0 Å². The molecule has 2 nitrogen and oxygen atoms in total. The van der Waals surface area contributed by atoms with Gasteiger partial charge in [-0.05, 0) is 12.6 Å². The zero-order valence-electron chi connectivity index (χ0n) is 7.23. The topological polar surface area (TPSA) is 12.5 Å². The fourth-order valence-corrected chi connectivity index (χ4v) is 1.52. The van der Waals surface area contributed by atoms with Gasteiger partial charge in [0.2, 0.25) is 0 Å². The van der Waals surface area contributed by atoms with Gasteiger partial charge in [-0.2, -0.15) is 0 Å². The Morgan fingerprint density at radius 3 is 2.67 bits per heavy atom. The average molecular weight is 163 g/mol. The Bertz CT molecular complexity index is 247. The number of ether oxygens (including phenoxy) is 1. The van der Waals surface area contributed by atoms with Crippen LogP contribution in [0.5, 0.6) is 0 Å². The normalized spacial score (nSPS) is 24.6. The van der Waals surface area contributed by atoms with E-state index in [0.29, 0.717) is 0 Å². The van der Waals surface area contributed by atoms with E-state index in [1.807, 2.05) is 18.2 Å². The first kappa shape index (κ1) is 7.77. The molecular weight excluding hydrogens is 150 g/mol. The van der Waals surface area contributed by atoms with Crippen molar-refractivity contribution in [2.24, 2.45) is 0 Å². The minimum atomic E-state index is 0.172. The third kappa shape index (κ3) is 1.36. The van der Waals surface area contributed by atoms with Gasteiger partial charge in [0, 0.05) is 6.54 Å². The minimum Gasteiger partial charge on any atom is -0.358 e. The van der Waals surface area contributed by atoms with Crippen LogP contribution >= 0.6 is 0 Å². The van der Waals surface area contributed by atoms with Crippen LogP contribution in [0.1, 0.15) is 11.8 Å². The highest BCUT2D eigenvalue weighted by molar-refractivity contribution is 5.17. The predicted molar refractivity (Wildman–Crippen MR) is 47.8 cm³/mol. The van der Waals surface area contributed by atoms with Crippen LogP contribution in [0.25, 0.3) is 0 Å². The molecule has 1 unspecified atom stereocenters. The van der Waals surface area contributed by atoms with E-state index < -0.39 is 0 Å². The van der Waals surface area contributed by atoms with E-state index in [1.54, 1.807) is 0 Å². The molecule has 1 saturated heterocycles. The first-order valence-corrected chi connectivity index (χ1v) is 4.25. The van der Waals surface area contributed by atoms with E-state index in [4.69, 9.17) is 4.74 Å². The Kier molecular flexibility index (Phi) is 2.11. The molecule has 0 aromatic heterocycles. The Balaban J connectivity index is 2.19. The fourth-order valence-electron chi connectivity index (χ4n) is 1.52. The highest BCUT2D eigenvalue weighted by Gasteiger charge is 2.22. The summed E-state index contributed by atoms with van der Waals surface area (Å²) in [6.45, 7) is 1.87. The van der Waals surface area contributed by atoms with Gasteiger partial charge in [0.05, 0.1) is 6.61 Å². The van der Waals surface area contributed by atoms with Crippen molar-refractivity contribution in [1.29, 1.82) is 0 Å². The van der Waals surface area contributed by atoms with Gasteiger partial charge in [0.15, 0.2) is 0 Å². The van der Waals surface area contributed by atoms with Crippen molar-refractivity contribution in [3.05, 3.63) is 35.9 Å². The molecule has 0 saturated carbocycles. The van der Waals surface area contributed by atoms with Gasteiger partial charge in [-0.15, -0.1) is 0 Å². The second-order valence-electron chi connectivity index (χ2n) is 3.11. The molecule has 1 aliphatic heterocycles. The second-order valence-corrected chi connectivity index (χ2v) is 3.11. The number of hydrogen-bond donors (Lipinski definition) is 0. The van der Waals surface area contributed by atoms with Gasteiger partial charge in [-0.25, -0.2) is 0 Å². The molecule has 1 aromatic rings. The Hall–Kier alpha value is -0.860. The lowest BCUT2D eigenvalue weighted by molar-refractivity contribution is 0.0454. The molecule has 1 aromatic carbocycles. The summed E-state index contributed by atoms with van der Waals surface area (Å²) in [5, 5.41) is 0. The van der Waals surface area contributed by atoms with E-state index in [2.05, 4.69) is 24.1 Å². The summed E-state index contributed by atoms with van der Waals surface area (Å²) in [5.74, 6) is 0. The van der Waals surface area contributed by atoms with Crippen LogP contribution in [-0.2, 0) is 4.74 Å². The molecule has 0 spiro atoms. The number of likely N-dealkylation sites (N-methyl/N-ethyl adjacent to an activating group) is 1. The van der Waals surface area contributed by atoms with Crippen LogP contribution in [0.2, 0.25) is 0 Å². The third-order valence-corrected chi connectivity index (χ3v) is 2.20. The van der Waals surface area contributed by atoms with Gasteiger partial charge < -0.3 is 4.74 Å². The predicted octanol–water partition coefficient (Wildman–Crippen LogP) is 1.65. The van der Waals surface area contributed by atoms with Crippen molar-refractivity contribution in [2.75, 3.05) is 20.2 Å². The molecule has 0 N–H and O–H groups in total. The van der Waals surface area contributed by atoms with Gasteiger partial charge in [0.1, 0.15) is 6.23 Å². The summed E-state index contributed by atoms with van der Waals surface area (Å²) in [4.78, 5) is 2.22. The minimum absolute atomic E-state index is 0.172. The number of benzene rings is 1. The third-order valence-electron chi connectivity index (χ3n) is 2.20. The Morgan fingerprint density at radius 2 is 2.08 bits per heavy atom. The lowest BCUT2D eigenvalue weighted by atomic mass is 10.2. The Labute approximate surface area is 72.8 Å². The zero-order valence-corrected chi connectivity index (χ0v) is 7.23. The van der Waals surface area contributed by atoms with Crippen molar-refractivity contribution in [1.82, 2.24) is 4.90 Å². The summed E-state index contributed by atoms with van der Waals surface area (Å²) in [7, 11) is 2.09. The van der Waals surface area contributed by atoms with Crippen molar-refractivity contribution in [3.63, 3.8) is 0 Å². The van der Waals surface area contributed by atoms with Crippen molar-refractivity contribution in [3.8, 4) is 0 Å². The molecular formula is C10H13NO. The van der Waals surface area contributed by atoms with Crippen LogP contribution < -0.4 is 0 Å². The van der Waals surface area contributed by atoms with E-state index in [0.717, 1.165) is 13.2 Å². The smallest absolute Gasteiger partial charge is 0.136 e. The molecule has 1 atom stereocenters. The summed E-state index contributed by atoms with van der Waals surface area (Å²) < 4.78 is 5.58. The molecule has 64 valence electrons. The Morgan fingerprint density at radius 1 is 1.33 bits per heavy atom. The second kappa shape index (κ2) is 3.25. The lowest BCUT2D eigenvalue weighted by Crippen LogP contribution is -2.18. The van der Waals surface area contributed by atoms with E-state index in [1.165, 1.54) is 5.56 Å². The SMILES string of the molecule is CN1CCOC1c1ccccc1. The number of rotatable bonds is 1. The first-order chi connectivity index (χ1) is 5.88. The number of hydrogen-bond acceptors (Lipinski definition) is 2. The van der Waals surface area contributed by atoms with E-state index in [9.17, 15) is 0 Å². The lowest BCUT2D eigenvalue weighted by Gasteiger charge is -2.17. The van der Waals surface area contributed by atoms with E-state index in [-0.39, 0.29) is 6.23 Å². The molecule has 1 aliphatic rings. The summed E-state index contributed by atoms with van der Waals surface area (Å²) >= 11 is 0. The van der Waals surface area contributed by atoms with Crippen LogP contribution in [0.3, 0.4) is 0 Å². The largest absolute Gasteiger partial charge is 0.358 e. The molecule has 0 aliphatic carbocycles. The monoisotopic (exact) mass is 163 g/mol. The van der Waals surface area contributed by atoms with Crippen LogP contribution in [0.4, 0.5) is 0 Å². The number of nitrogens with zero attached hydrogens (tertiary/aromatic N) is 1. The fraction of sp³-hybridized carbons (Fsp3) is 0.400. The van der Waals surface area contributed by atoms with Gasteiger partial charge in [-0.3, -0.25) is 4.90 Å². The molecule has 1 fully saturated rings. The maximum Gasteiger partial charge on any atom is 0.136 e. The quantitative estimate of drug-likeness (QED) is 0.624. The summed E-state index contributed by atoms with van der Waals surface area (Å²) in [6.07, 6.45) is 0.172. The molecule has 0 bridgehead atoms. The maximum absolute atomic E-state index is 5.58. The highest BCUT2D eigenvalue weighted by atomic mass is 16.5. The summed E-state index contributed by atoms with van der Waals surface area (Å²) in [5.41, 5.74) is 1.25. The molecule has 1 heterocycles. The van der Waals surface area contributed by atoms with Crippen LogP contribution in [-0.4, -0.2) is 25.1 Å². The summed E-state index contributed by atoms with van der Waals surface area (Å²) in [6, 6.07) is 10.3.